The lowest BCUT2D eigenvalue weighted by Crippen LogP contribution is -2.02. The zero-order valence-electron chi connectivity index (χ0n) is 7.49. The summed E-state index contributed by atoms with van der Waals surface area (Å²) in [5.74, 6) is 1.15. The van der Waals surface area contributed by atoms with Crippen molar-refractivity contribution in [2.24, 2.45) is 0 Å². The van der Waals surface area contributed by atoms with Crippen molar-refractivity contribution < 1.29 is 5.11 Å². The van der Waals surface area contributed by atoms with Crippen LogP contribution in [-0.4, -0.2) is 21.7 Å². The van der Waals surface area contributed by atoms with E-state index in [1.165, 1.54) is 0 Å². The Morgan fingerprint density at radius 1 is 1.50 bits per heavy atom. The second-order valence-corrected chi connectivity index (χ2v) is 3.03. The number of aromatic nitrogens is 2. The highest BCUT2D eigenvalue weighted by molar-refractivity contribution is 5.06. The molecule has 1 aromatic heterocycles. The molecule has 0 aliphatic heterocycles. The van der Waals surface area contributed by atoms with Crippen LogP contribution in [0, 0.1) is 0 Å². The lowest BCUT2D eigenvalue weighted by Gasteiger charge is -2.04. The standard InChI is InChI=1S/C9H14N2O/c1-7(2)8-3-5-10-9(11-8)4-6-12/h3,5,7,12H,4,6H2,1-2H3. The average molecular weight is 166 g/mol. The van der Waals surface area contributed by atoms with Gasteiger partial charge in [0.15, 0.2) is 0 Å². The minimum absolute atomic E-state index is 0.113. The van der Waals surface area contributed by atoms with Crippen molar-refractivity contribution in [3.05, 3.63) is 23.8 Å². The van der Waals surface area contributed by atoms with Crippen LogP contribution in [0.4, 0.5) is 0 Å². The third-order valence-corrected chi connectivity index (χ3v) is 1.65. The molecule has 3 nitrogen and oxygen atoms in total. The third kappa shape index (κ3) is 2.27. The van der Waals surface area contributed by atoms with E-state index in [1.807, 2.05) is 6.07 Å². The topological polar surface area (TPSA) is 46.0 Å². The van der Waals surface area contributed by atoms with Crippen LogP contribution in [0.25, 0.3) is 0 Å². The number of rotatable bonds is 3. The molecule has 12 heavy (non-hydrogen) atoms. The lowest BCUT2D eigenvalue weighted by molar-refractivity contribution is 0.296. The van der Waals surface area contributed by atoms with Crippen LogP contribution in [0.5, 0.6) is 0 Å². The minimum atomic E-state index is 0.113. The summed E-state index contributed by atoms with van der Waals surface area (Å²) in [5.41, 5.74) is 1.04. The summed E-state index contributed by atoms with van der Waals surface area (Å²) in [6.07, 6.45) is 2.29. The summed E-state index contributed by atoms with van der Waals surface area (Å²) in [6, 6.07) is 1.91. The van der Waals surface area contributed by atoms with Crippen molar-refractivity contribution in [2.75, 3.05) is 6.61 Å². The van der Waals surface area contributed by atoms with E-state index in [0.717, 1.165) is 11.5 Å². The maximum atomic E-state index is 8.67. The molecule has 1 aromatic rings. The van der Waals surface area contributed by atoms with Crippen molar-refractivity contribution in [1.29, 1.82) is 0 Å². The van der Waals surface area contributed by atoms with Crippen molar-refractivity contribution in [3.8, 4) is 0 Å². The molecule has 1 rings (SSSR count). The van der Waals surface area contributed by atoms with Crippen LogP contribution in [0.3, 0.4) is 0 Å². The molecular weight excluding hydrogens is 152 g/mol. The van der Waals surface area contributed by atoms with E-state index in [4.69, 9.17) is 5.11 Å². The van der Waals surface area contributed by atoms with E-state index >= 15 is 0 Å². The van der Waals surface area contributed by atoms with Crippen molar-refractivity contribution in [2.45, 2.75) is 26.2 Å². The van der Waals surface area contributed by atoms with E-state index in [1.54, 1.807) is 6.20 Å². The smallest absolute Gasteiger partial charge is 0.130 e. The van der Waals surface area contributed by atoms with Gasteiger partial charge in [0, 0.05) is 18.3 Å². The minimum Gasteiger partial charge on any atom is -0.396 e. The molecular formula is C9H14N2O. The predicted octanol–water partition coefficient (Wildman–Crippen LogP) is 1.13. The highest BCUT2D eigenvalue weighted by atomic mass is 16.3. The number of aliphatic hydroxyl groups is 1. The number of nitrogens with zero attached hydrogens (tertiary/aromatic N) is 2. The van der Waals surface area contributed by atoms with E-state index < -0.39 is 0 Å². The molecule has 0 radical (unpaired) electrons. The molecule has 0 aliphatic carbocycles. The molecule has 0 aliphatic rings. The van der Waals surface area contributed by atoms with Gasteiger partial charge in [-0.2, -0.15) is 0 Å². The highest BCUT2D eigenvalue weighted by Gasteiger charge is 2.01. The Balaban J connectivity index is 2.81. The molecule has 0 bridgehead atoms. The molecule has 0 atom stereocenters. The van der Waals surface area contributed by atoms with E-state index in [-0.39, 0.29) is 6.61 Å². The largest absolute Gasteiger partial charge is 0.396 e. The summed E-state index contributed by atoms with van der Waals surface area (Å²) < 4.78 is 0. The van der Waals surface area contributed by atoms with Gasteiger partial charge >= 0.3 is 0 Å². The van der Waals surface area contributed by atoms with Crippen LogP contribution in [-0.2, 0) is 6.42 Å². The quantitative estimate of drug-likeness (QED) is 0.732. The fourth-order valence-corrected chi connectivity index (χ4v) is 0.957. The summed E-state index contributed by atoms with van der Waals surface area (Å²) in [6.45, 7) is 4.29. The van der Waals surface area contributed by atoms with Crippen molar-refractivity contribution in [3.63, 3.8) is 0 Å². The Bertz CT molecular complexity index is 248. The molecule has 0 spiro atoms. The van der Waals surface area contributed by atoms with Crippen LogP contribution in [0.15, 0.2) is 12.3 Å². The summed E-state index contributed by atoms with van der Waals surface area (Å²) in [4.78, 5) is 8.33. The van der Waals surface area contributed by atoms with E-state index in [2.05, 4.69) is 23.8 Å². The molecule has 1 heterocycles. The molecule has 0 saturated carbocycles. The first kappa shape index (κ1) is 9.13. The maximum Gasteiger partial charge on any atom is 0.130 e. The van der Waals surface area contributed by atoms with Gasteiger partial charge in [0.1, 0.15) is 5.82 Å². The van der Waals surface area contributed by atoms with E-state index in [9.17, 15) is 0 Å². The second kappa shape index (κ2) is 4.16. The van der Waals surface area contributed by atoms with Crippen LogP contribution in [0.2, 0.25) is 0 Å². The lowest BCUT2D eigenvalue weighted by atomic mass is 10.1. The third-order valence-electron chi connectivity index (χ3n) is 1.65. The number of hydrogen-bond acceptors (Lipinski definition) is 3. The Morgan fingerprint density at radius 2 is 2.25 bits per heavy atom. The van der Waals surface area contributed by atoms with Crippen LogP contribution < -0.4 is 0 Å². The van der Waals surface area contributed by atoms with Gasteiger partial charge in [-0.15, -0.1) is 0 Å². The predicted molar refractivity (Wildman–Crippen MR) is 46.9 cm³/mol. The number of aliphatic hydroxyl groups excluding tert-OH is 1. The molecule has 66 valence electrons. The summed E-state index contributed by atoms with van der Waals surface area (Å²) in [5, 5.41) is 8.67. The monoisotopic (exact) mass is 166 g/mol. The SMILES string of the molecule is CC(C)c1ccnc(CCO)n1. The first-order valence-corrected chi connectivity index (χ1v) is 4.16. The van der Waals surface area contributed by atoms with Crippen molar-refractivity contribution >= 4 is 0 Å². The van der Waals surface area contributed by atoms with Gasteiger partial charge in [0.05, 0.1) is 6.61 Å². The fraction of sp³-hybridized carbons (Fsp3) is 0.556. The van der Waals surface area contributed by atoms with Crippen LogP contribution in [0.1, 0.15) is 31.3 Å². The molecule has 0 fully saturated rings. The first-order chi connectivity index (χ1) is 5.74. The van der Waals surface area contributed by atoms with Gasteiger partial charge in [0.25, 0.3) is 0 Å². The first-order valence-electron chi connectivity index (χ1n) is 4.16. The Kier molecular flexibility index (Phi) is 3.17. The summed E-state index contributed by atoms with van der Waals surface area (Å²) in [7, 11) is 0. The van der Waals surface area contributed by atoms with Gasteiger partial charge in [0.2, 0.25) is 0 Å². The molecule has 0 amide bonds. The average Bonchev–Trinajstić information content (AvgIpc) is 2.05. The van der Waals surface area contributed by atoms with Gasteiger partial charge < -0.3 is 5.11 Å². The summed E-state index contributed by atoms with van der Waals surface area (Å²) >= 11 is 0. The van der Waals surface area contributed by atoms with Gasteiger partial charge in [-0.25, -0.2) is 9.97 Å². The Morgan fingerprint density at radius 3 is 2.83 bits per heavy atom. The van der Waals surface area contributed by atoms with Gasteiger partial charge in [-0.05, 0) is 12.0 Å². The zero-order chi connectivity index (χ0) is 8.97. The number of hydrogen-bond donors (Lipinski definition) is 1. The normalized spacial score (nSPS) is 10.7. The molecule has 0 saturated heterocycles. The molecule has 0 unspecified atom stereocenters. The van der Waals surface area contributed by atoms with Gasteiger partial charge in [-0.3, -0.25) is 0 Å². The zero-order valence-corrected chi connectivity index (χ0v) is 7.49. The second-order valence-electron chi connectivity index (χ2n) is 3.03. The van der Waals surface area contributed by atoms with E-state index in [0.29, 0.717) is 12.3 Å². The maximum absolute atomic E-state index is 8.67. The van der Waals surface area contributed by atoms with Crippen LogP contribution >= 0.6 is 0 Å². The fourth-order valence-electron chi connectivity index (χ4n) is 0.957. The van der Waals surface area contributed by atoms with Crippen molar-refractivity contribution in [1.82, 2.24) is 9.97 Å². The Hall–Kier alpha value is -0.960. The Labute approximate surface area is 72.5 Å². The molecule has 3 heteroatoms. The highest BCUT2D eigenvalue weighted by Crippen LogP contribution is 2.09. The van der Waals surface area contributed by atoms with Gasteiger partial charge in [-0.1, -0.05) is 13.8 Å². The molecule has 0 aromatic carbocycles. The molecule has 1 N–H and O–H groups in total.